The van der Waals surface area contributed by atoms with E-state index in [1.807, 2.05) is 6.92 Å². The highest BCUT2D eigenvalue weighted by Gasteiger charge is 2.21. The molecule has 0 atom stereocenters. The van der Waals surface area contributed by atoms with Crippen molar-refractivity contribution in [3.05, 3.63) is 85.0 Å². The Morgan fingerprint density at radius 1 is 0.968 bits per heavy atom. The number of hydrogen-bond acceptors (Lipinski definition) is 5. The van der Waals surface area contributed by atoms with Crippen molar-refractivity contribution in [2.75, 3.05) is 31.0 Å². The van der Waals surface area contributed by atoms with E-state index in [-0.39, 0.29) is 16.4 Å². The van der Waals surface area contributed by atoms with E-state index in [1.54, 1.807) is 36.4 Å². The Bertz CT molecular complexity index is 1030. The fourth-order valence-electron chi connectivity index (χ4n) is 2.71. The SMILES string of the molecule is C=CCN(CC=C)C(=O)COC(=O)c1ccc(N(C)S(=O)(=O)c2ccc(C)cc2)cc1. The molecule has 0 saturated heterocycles. The van der Waals surface area contributed by atoms with Gasteiger partial charge in [-0.1, -0.05) is 29.8 Å². The van der Waals surface area contributed by atoms with Gasteiger partial charge in [0.05, 0.1) is 16.1 Å². The lowest BCUT2D eigenvalue weighted by Gasteiger charge is -2.20. The molecule has 164 valence electrons. The van der Waals surface area contributed by atoms with Crippen LogP contribution in [0.15, 0.2) is 78.7 Å². The Labute approximate surface area is 183 Å². The summed E-state index contributed by atoms with van der Waals surface area (Å²) in [5.41, 5.74) is 1.55. The van der Waals surface area contributed by atoms with Crippen LogP contribution >= 0.6 is 0 Å². The summed E-state index contributed by atoms with van der Waals surface area (Å²) >= 11 is 0. The first-order chi connectivity index (χ1) is 14.7. The van der Waals surface area contributed by atoms with E-state index < -0.39 is 22.6 Å². The fraction of sp³-hybridized carbons (Fsp3) is 0.217. The molecule has 0 spiro atoms. The molecule has 0 aliphatic rings. The van der Waals surface area contributed by atoms with Crippen molar-refractivity contribution >= 4 is 27.6 Å². The number of benzene rings is 2. The van der Waals surface area contributed by atoms with Crippen LogP contribution in [0.25, 0.3) is 0 Å². The van der Waals surface area contributed by atoms with Crippen LogP contribution in [-0.2, 0) is 19.6 Å². The zero-order valence-electron chi connectivity index (χ0n) is 17.7. The second-order valence-electron chi connectivity index (χ2n) is 6.78. The van der Waals surface area contributed by atoms with Gasteiger partial charge < -0.3 is 9.64 Å². The number of rotatable bonds is 10. The molecule has 8 heteroatoms. The number of carbonyl (C=O) groups is 2. The van der Waals surface area contributed by atoms with Crippen LogP contribution in [0, 0.1) is 6.92 Å². The molecule has 0 bridgehead atoms. The van der Waals surface area contributed by atoms with E-state index in [0.717, 1.165) is 9.87 Å². The molecule has 0 radical (unpaired) electrons. The van der Waals surface area contributed by atoms with Crippen LogP contribution in [0.5, 0.6) is 0 Å². The van der Waals surface area contributed by atoms with Crippen LogP contribution in [0.1, 0.15) is 15.9 Å². The minimum absolute atomic E-state index is 0.172. The standard InChI is InChI=1S/C23H26N2O5S/c1-5-15-25(16-6-2)22(26)17-30-23(27)19-9-11-20(12-10-19)24(4)31(28,29)21-13-7-18(3)8-14-21/h5-14H,1-2,15-17H2,3-4H3. The summed E-state index contributed by atoms with van der Waals surface area (Å²) in [6.45, 7) is 9.28. The molecule has 1 amide bonds. The molecule has 0 aliphatic carbocycles. The Balaban J connectivity index is 2.06. The lowest BCUT2D eigenvalue weighted by atomic mass is 10.2. The molecule has 2 aromatic rings. The third-order valence-electron chi connectivity index (χ3n) is 4.52. The Morgan fingerprint density at radius 3 is 2.03 bits per heavy atom. The van der Waals surface area contributed by atoms with Gasteiger partial charge in [0, 0.05) is 20.1 Å². The molecule has 0 N–H and O–H groups in total. The Kier molecular flexibility index (Phi) is 8.15. The molecule has 0 saturated carbocycles. The van der Waals surface area contributed by atoms with E-state index in [9.17, 15) is 18.0 Å². The van der Waals surface area contributed by atoms with Gasteiger partial charge in [-0.25, -0.2) is 13.2 Å². The number of carbonyl (C=O) groups excluding carboxylic acids is 2. The largest absolute Gasteiger partial charge is 0.452 e. The maximum absolute atomic E-state index is 12.8. The van der Waals surface area contributed by atoms with Gasteiger partial charge in [-0.3, -0.25) is 9.10 Å². The lowest BCUT2D eigenvalue weighted by Crippen LogP contribution is -2.35. The first-order valence-corrected chi connectivity index (χ1v) is 11.0. The summed E-state index contributed by atoms with van der Waals surface area (Å²) in [6, 6.07) is 12.5. The molecular formula is C23H26N2O5S. The van der Waals surface area contributed by atoms with Gasteiger partial charge in [0.25, 0.3) is 15.9 Å². The van der Waals surface area contributed by atoms with Crippen LogP contribution in [-0.4, -0.2) is 51.9 Å². The number of anilines is 1. The second kappa shape index (κ2) is 10.6. The topological polar surface area (TPSA) is 84.0 Å². The maximum atomic E-state index is 12.8. The van der Waals surface area contributed by atoms with E-state index in [1.165, 1.54) is 36.2 Å². The average molecular weight is 443 g/mol. The molecule has 0 heterocycles. The Hall–Kier alpha value is -3.39. The van der Waals surface area contributed by atoms with Gasteiger partial charge in [0.1, 0.15) is 0 Å². The van der Waals surface area contributed by atoms with Crippen molar-refractivity contribution < 1.29 is 22.7 Å². The zero-order valence-corrected chi connectivity index (χ0v) is 18.5. The van der Waals surface area contributed by atoms with Crippen LogP contribution in [0.3, 0.4) is 0 Å². The predicted molar refractivity (Wildman–Crippen MR) is 120 cm³/mol. The second-order valence-corrected chi connectivity index (χ2v) is 8.75. The van der Waals surface area contributed by atoms with Crippen LogP contribution < -0.4 is 4.31 Å². The summed E-state index contributed by atoms with van der Waals surface area (Å²) < 4.78 is 31.8. The van der Waals surface area contributed by atoms with Crippen molar-refractivity contribution in [2.45, 2.75) is 11.8 Å². The molecule has 7 nitrogen and oxygen atoms in total. The van der Waals surface area contributed by atoms with Gasteiger partial charge in [0.2, 0.25) is 0 Å². The minimum atomic E-state index is -3.73. The lowest BCUT2D eigenvalue weighted by molar-refractivity contribution is -0.133. The number of sulfonamides is 1. The molecule has 2 rings (SSSR count). The number of esters is 1. The number of amides is 1. The highest BCUT2D eigenvalue weighted by Crippen LogP contribution is 2.23. The molecule has 0 unspecified atom stereocenters. The van der Waals surface area contributed by atoms with E-state index in [2.05, 4.69) is 13.2 Å². The Morgan fingerprint density at radius 2 is 1.52 bits per heavy atom. The van der Waals surface area contributed by atoms with Gasteiger partial charge in [-0.05, 0) is 43.3 Å². The van der Waals surface area contributed by atoms with Gasteiger partial charge in [-0.2, -0.15) is 0 Å². The third kappa shape index (κ3) is 6.05. The molecule has 0 aromatic heterocycles. The minimum Gasteiger partial charge on any atom is -0.452 e. The highest BCUT2D eigenvalue weighted by atomic mass is 32.2. The fourth-order valence-corrected chi connectivity index (χ4v) is 3.90. The maximum Gasteiger partial charge on any atom is 0.338 e. The summed E-state index contributed by atoms with van der Waals surface area (Å²) in [5.74, 6) is -1.05. The van der Waals surface area contributed by atoms with Crippen molar-refractivity contribution in [2.24, 2.45) is 0 Å². The smallest absolute Gasteiger partial charge is 0.338 e. The molecule has 31 heavy (non-hydrogen) atoms. The van der Waals surface area contributed by atoms with Gasteiger partial charge >= 0.3 is 5.97 Å². The zero-order chi connectivity index (χ0) is 23.0. The quantitative estimate of drug-likeness (QED) is 0.417. The van der Waals surface area contributed by atoms with Crippen LogP contribution in [0.2, 0.25) is 0 Å². The van der Waals surface area contributed by atoms with E-state index in [4.69, 9.17) is 4.74 Å². The first kappa shape index (κ1) is 23.9. The van der Waals surface area contributed by atoms with Crippen molar-refractivity contribution in [3.8, 4) is 0 Å². The number of ether oxygens (including phenoxy) is 1. The number of hydrogen-bond donors (Lipinski definition) is 0. The molecule has 0 fully saturated rings. The summed E-state index contributed by atoms with van der Waals surface area (Å²) in [6.07, 6.45) is 3.15. The normalized spacial score (nSPS) is 10.8. The van der Waals surface area contributed by atoms with Crippen molar-refractivity contribution in [3.63, 3.8) is 0 Å². The van der Waals surface area contributed by atoms with E-state index in [0.29, 0.717) is 18.8 Å². The number of aryl methyl sites for hydroxylation is 1. The van der Waals surface area contributed by atoms with Gasteiger partial charge in [0.15, 0.2) is 6.61 Å². The van der Waals surface area contributed by atoms with Crippen molar-refractivity contribution in [1.82, 2.24) is 4.90 Å². The highest BCUT2D eigenvalue weighted by molar-refractivity contribution is 7.92. The molecule has 2 aromatic carbocycles. The summed E-state index contributed by atoms with van der Waals surface area (Å²) in [7, 11) is -2.29. The van der Waals surface area contributed by atoms with Crippen LogP contribution in [0.4, 0.5) is 5.69 Å². The molecule has 0 aliphatic heterocycles. The predicted octanol–water partition coefficient (Wildman–Crippen LogP) is 3.18. The third-order valence-corrected chi connectivity index (χ3v) is 6.32. The van der Waals surface area contributed by atoms with Crippen molar-refractivity contribution in [1.29, 1.82) is 0 Å². The summed E-state index contributed by atoms with van der Waals surface area (Å²) in [4.78, 5) is 26.0. The first-order valence-electron chi connectivity index (χ1n) is 9.53. The monoisotopic (exact) mass is 442 g/mol. The summed E-state index contributed by atoms with van der Waals surface area (Å²) in [5, 5.41) is 0. The van der Waals surface area contributed by atoms with E-state index >= 15 is 0 Å². The average Bonchev–Trinajstić information content (AvgIpc) is 2.77. The molecular weight excluding hydrogens is 416 g/mol. The van der Waals surface area contributed by atoms with Gasteiger partial charge in [-0.15, -0.1) is 13.2 Å². The number of nitrogens with zero attached hydrogens (tertiary/aromatic N) is 2.